The topological polar surface area (TPSA) is 69.6 Å². The van der Waals surface area contributed by atoms with Crippen molar-refractivity contribution in [1.82, 2.24) is 24.7 Å². The molecule has 0 atom stereocenters. The fourth-order valence-corrected chi connectivity index (χ4v) is 4.38. The van der Waals surface area contributed by atoms with Gasteiger partial charge in [-0.05, 0) is 36.4 Å². The average Bonchev–Trinajstić information content (AvgIpc) is 3.45. The van der Waals surface area contributed by atoms with E-state index in [9.17, 15) is 0 Å². The van der Waals surface area contributed by atoms with Crippen LogP contribution in [-0.4, -0.2) is 24.7 Å². The zero-order chi connectivity index (χ0) is 21.2. The number of pyridine rings is 1. The predicted molar refractivity (Wildman–Crippen MR) is 121 cm³/mol. The van der Waals surface area contributed by atoms with Crippen molar-refractivity contribution in [3.8, 4) is 34.2 Å². The number of halogens is 1. The van der Waals surface area contributed by atoms with Crippen molar-refractivity contribution in [3.63, 3.8) is 0 Å². The lowest BCUT2D eigenvalue weighted by atomic mass is 10.1. The molecule has 31 heavy (non-hydrogen) atoms. The molecule has 0 N–H and O–H groups in total. The Balaban J connectivity index is 1.60. The molecule has 0 bridgehead atoms. The van der Waals surface area contributed by atoms with Crippen LogP contribution in [-0.2, 0) is 7.05 Å². The lowest BCUT2D eigenvalue weighted by Crippen LogP contribution is -1.97. The van der Waals surface area contributed by atoms with Crippen molar-refractivity contribution < 1.29 is 4.52 Å². The lowest BCUT2D eigenvalue weighted by Gasteiger charge is -2.08. The van der Waals surface area contributed by atoms with Gasteiger partial charge in [0.05, 0.1) is 5.69 Å². The third-order valence-corrected chi connectivity index (χ3v) is 6.00. The van der Waals surface area contributed by atoms with Crippen LogP contribution in [0, 0.1) is 0 Å². The van der Waals surface area contributed by atoms with Crippen LogP contribution in [0.15, 0.2) is 93.8 Å². The van der Waals surface area contributed by atoms with E-state index in [1.54, 1.807) is 18.0 Å². The van der Waals surface area contributed by atoms with Crippen molar-refractivity contribution in [2.75, 3.05) is 0 Å². The summed E-state index contributed by atoms with van der Waals surface area (Å²) in [6.07, 6.45) is 3.10. The molecule has 0 saturated carbocycles. The van der Waals surface area contributed by atoms with Crippen molar-refractivity contribution in [2.24, 2.45) is 7.05 Å². The highest BCUT2D eigenvalue weighted by molar-refractivity contribution is 7.99. The fraction of sp³-hybridized carbons (Fsp3) is 0.0435. The van der Waals surface area contributed by atoms with Crippen LogP contribution in [0.4, 0.5) is 0 Å². The minimum Gasteiger partial charge on any atom is -0.342 e. The van der Waals surface area contributed by atoms with E-state index in [1.807, 2.05) is 73.8 Å². The van der Waals surface area contributed by atoms with Gasteiger partial charge in [0.1, 0.15) is 10.7 Å². The first-order chi connectivity index (χ1) is 15.2. The minimum absolute atomic E-state index is 0.557. The Bertz CT molecular complexity index is 1300. The third kappa shape index (κ3) is 3.97. The predicted octanol–water partition coefficient (Wildman–Crippen LogP) is 6.00. The third-order valence-electron chi connectivity index (χ3n) is 4.76. The van der Waals surface area contributed by atoms with Crippen molar-refractivity contribution in [3.05, 3.63) is 84.3 Å². The van der Waals surface area contributed by atoms with Gasteiger partial charge in [0.25, 0.3) is 0 Å². The molecule has 5 rings (SSSR count). The van der Waals surface area contributed by atoms with E-state index >= 15 is 0 Å². The highest BCUT2D eigenvalue weighted by atomic mass is 35.5. The maximum absolute atomic E-state index is 6.05. The van der Waals surface area contributed by atoms with Gasteiger partial charge in [0.2, 0.25) is 12.2 Å². The van der Waals surface area contributed by atoms with Gasteiger partial charge < -0.3 is 9.09 Å². The second-order valence-electron chi connectivity index (χ2n) is 6.75. The van der Waals surface area contributed by atoms with E-state index in [0.29, 0.717) is 10.8 Å². The number of benzene rings is 2. The Labute approximate surface area is 187 Å². The molecule has 5 aromatic rings. The van der Waals surface area contributed by atoms with Crippen LogP contribution in [0.25, 0.3) is 34.2 Å². The fourth-order valence-electron chi connectivity index (χ4n) is 3.28. The number of rotatable bonds is 5. The molecule has 0 amide bonds. The number of aromatic nitrogens is 5. The van der Waals surface area contributed by atoms with Gasteiger partial charge in [0.15, 0.2) is 5.82 Å². The first kappa shape index (κ1) is 19.5. The lowest BCUT2D eigenvalue weighted by molar-refractivity contribution is 0.419. The number of hydrogen-bond acceptors (Lipinski definition) is 6. The summed E-state index contributed by atoms with van der Waals surface area (Å²) in [5.41, 5.74) is 3.73. The first-order valence-electron chi connectivity index (χ1n) is 9.48. The van der Waals surface area contributed by atoms with Crippen LogP contribution < -0.4 is 0 Å². The largest absolute Gasteiger partial charge is 0.342 e. The van der Waals surface area contributed by atoms with Gasteiger partial charge in [-0.2, -0.15) is 4.98 Å². The van der Waals surface area contributed by atoms with E-state index in [2.05, 4.69) is 19.7 Å². The molecule has 6 nitrogen and oxygen atoms in total. The second kappa shape index (κ2) is 8.37. The monoisotopic (exact) mass is 445 g/mol. The summed E-state index contributed by atoms with van der Waals surface area (Å²) >= 11 is 7.65. The van der Waals surface area contributed by atoms with Gasteiger partial charge in [-0.25, -0.2) is 4.98 Å². The molecule has 0 aliphatic carbocycles. The second-order valence-corrected chi connectivity index (χ2v) is 8.25. The Morgan fingerprint density at radius 2 is 1.68 bits per heavy atom. The highest BCUT2D eigenvalue weighted by Crippen LogP contribution is 2.38. The number of nitrogens with zero attached hydrogens (tertiary/aromatic N) is 5. The normalized spacial score (nSPS) is 11.0. The van der Waals surface area contributed by atoms with Crippen LogP contribution in [0.2, 0.25) is 5.02 Å². The first-order valence-corrected chi connectivity index (χ1v) is 10.7. The Kier molecular flexibility index (Phi) is 5.28. The molecular formula is C23H16ClN5OS. The van der Waals surface area contributed by atoms with E-state index in [4.69, 9.17) is 21.1 Å². The van der Waals surface area contributed by atoms with Crippen molar-refractivity contribution >= 4 is 23.4 Å². The Morgan fingerprint density at radius 1 is 0.903 bits per heavy atom. The minimum atomic E-state index is 0.557. The van der Waals surface area contributed by atoms with Crippen molar-refractivity contribution in [1.29, 1.82) is 0 Å². The number of imidazole rings is 1. The zero-order valence-corrected chi connectivity index (χ0v) is 18.0. The zero-order valence-electron chi connectivity index (χ0n) is 16.4. The van der Waals surface area contributed by atoms with E-state index < -0.39 is 0 Å². The van der Waals surface area contributed by atoms with Gasteiger partial charge in [0, 0.05) is 34.3 Å². The number of hydrogen-bond donors (Lipinski definition) is 0. The molecule has 0 saturated heterocycles. The van der Waals surface area contributed by atoms with Crippen LogP contribution in [0.3, 0.4) is 0 Å². The van der Waals surface area contributed by atoms with Crippen LogP contribution in [0.5, 0.6) is 0 Å². The maximum atomic E-state index is 6.05. The highest BCUT2D eigenvalue weighted by Gasteiger charge is 2.19. The molecule has 0 spiro atoms. The molecule has 0 aliphatic rings. The summed E-state index contributed by atoms with van der Waals surface area (Å²) < 4.78 is 6.93. The molecule has 152 valence electrons. The van der Waals surface area contributed by atoms with E-state index in [0.717, 1.165) is 38.3 Å². The van der Waals surface area contributed by atoms with Gasteiger partial charge in [-0.1, -0.05) is 58.9 Å². The summed E-state index contributed by atoms with van der Waals surface area (Å²) in [6.45, 7) is 0. The molecule has 0 fully saturated rings. The van der Waals surface area contributed by atoms with Crippen molar-refractivity contribution in [2.45, 2.75) is 9.92 Å². The smallest absolute Gasteiger partial charge is 0.214 e. The average molecular weight is 446 g/mol. The summed E-state index contributed by atoms with van der Waals surface area (Å²) in [6, 6.07) is 21.6. The van der Waals surface area contributed by atoms with Crippen LogP contribution in [0.1, 0.15) is 0 Å². The van der Waals surface area contributed by atoms with E-state index in [1.165, 1.54) is 6.39 Å². The maximum Gasteiger partial charge on any atom is 0.214 e. The van der Waals surface area contributed by atoms with Crippen LogP contribution >= 0.6 is 23.4 Å². The molecule has 8 heteroatoms. The molecule has 0 unspecified atom stereocenters. The standard InChI is InChI=1S/C23H16ClN5OS/c1-29-20(15-5-7-16(8-6-15)21-26-14-30-28-21)23(31-18-11-9-17(24)10-12-18)27-22(29)19-4-2-3-13-25-19/h2-14H,1H3. The van der Waals surface area contributed by atoms with Gasteiger partial charge >= 0.3 is 0 Å². The summed E-state index contributed by atoms with van der Waals surface area (Å²) in [7, 11) is 2.01. The summed E-state index contributed by atoms with van der Waals surface area (Å²) in [5.74, 6) is 1.36. The van der Waals surface area contributed by atoms with Gasteiger partial charge in [-0.3, -0.25) is 4.98 Å². The van der Waals surface area contributed by atoms with Gasteiger partial charge in [-0.15, -0.1) is 0 Å². The Morgan fingerprint density at radius 3 is 2.35 bits per heavy atom. The quantitative estimate of drug-likeness (QED) is 0.330. The molecular weight excluding hydrogens is 430 g/mol. The molecule has 0 radical (unpaired) electrons. The molecule has 0 aliphatic heterocycles. The summed E-state index contributed by atoms with van der Waals surface area (Å²) in [4.78, 5) is 14.6. The molecule has 2 aromatic carbocycles. The molecule has 3 aromatic heterocycles. The van der Waals surface area contributed by atoms with E-state index in [-0.39, 0.29) is 0 Å². The molecule has 3 heterocycles. The summed E-state index contributed by atoms with van der Waals surface area (Å²) in [5, 5.41) is 5.50. The Hall–Kier alpha value is -3.42. The SMILES string of the molecule is Cn1c(-c2ccccn2)nc(Sc2ccc(Cl)cc2)c1-c1ccc(-c2ncon2)cc1.